The molecule has 0 aromatic rings. The van der Waals surface area contributed by atoms with Gasteiger partial charge in [0.25, 0.3) is 0 Å². The van der Waals surface area contributed by atoms with Gasteiger partial charge in [-0.25, -0.2) is 5.06 Å². The van der Waals surface area contributed by atoms with Crippen molar-refractivity contribution in [3.63, 3.8) is 0 Å². The minimum absolute atomic E-state index is 0.119. The Morgan fingerprint density at radius 1 is 1.57 bits per heavy atom. The Morgan fingerprint density at radius 2 is 2.36 bits per heavy atom. The lowest BCUT2D eigenvalue weighted by Gasteiger charge is -2.14. The van der Waals surface area contributed by atoms with E-state index >= 15 is 0 Å². The summed E-state index contributed by atoms with van der Waals surface area (Å²) >= 11 is 0. The number of rotatable bonds is 6. The Balaban J connectivity index is 1.96. The first-order valence-corrected chi connectivity index (χ1v) is 5.34. The van der Waals surface area contributed by atoms with Crippen LogP contribution in [0.1, 0.15) is 26.7 Å². The van der Waals surface area contributed by atoms with Gasteiger partial charge >= 0.3 is 0 Å². The summed E-state index contributed by atoms with van der Waals surface area (Å²) in [6, 6.07) is 0. The van der Waals surface area contributed by atoms with Crippen LogP contribution in [0, 0.1) is 5.92 Å². The first kappa shape index (κ1) is 11.5. The minimum atomic E-state index is 0.119. The number of hydrogen-bond donors (Lipinski definition) is 1. The van der Waals surface area contributed by atoms with Crippen molar-refractivity contribution in [2.24, 2.45) is 5.92 Å². The maximum Gasteiger partial charge on any atom is 0.248 e. The van der Waals surface area contributed by atoms with Crippen LogP contribution in [0.2, 0.25) is 0 Å². The van der Waals surface area contributed by atoms with E-state index in [1.807, 2.05) is 0 Å². The summed E-state index contributed by atoms with van der Waals surface area (Å²) in [5, 5.41) is 4.81. The molecule has 1 aliphatic rings. The highest BCUT2D eigenvalue weighted by Crippen LogP contribution is 2.06. The van der Waals surface area contributed by atoms with Crippen molar-refractivity contribution in [2.45, 2.75) is 26.7 Å². The van der Waals surface area contributed by atoms with E-state index in [2.05, 4.69) is 19.2 Å². The zero-order chi connectivity index (χ0) is 10.4. The molecule has 0 saturated carbocycles. The fourth-order valence-electron chi connectivity index (χ4n) is 1.37. The van der Waals surface area contributed by atoms with Crippen molar-refractivity contribution in [2.75, 3.05) is 26.2 Å². The van der Waals surface area contributed by atoms with Crippen molar-refractivity contribution < 1.29 is 9.63 Å². The van der Waals surface area contributed by atoms with Crippen LogP contribution in [0.3, 0.4) is 0 Å². The third kappa shape index (κ3) is 4.07. The van der Waals surface area contributed by atoms with E-state index in [0.29, 0.717) is 25.5 Å². The van der Waals surface area contributed by atoms with E-state index in [4.69, 9.17) is 4.84 Å². The summed E-state index contributed by atoms with van der Waals surface area (Å²) < 4.78 is 0. The average Bonchev–Trinajstić information content (AvgIpc) is 2.51. The number of carbonyl (C=O) groups is 1. The lowest BCUT2D eigenvalue weighted by atomic mass is 10.2. The van der Waals surface area contributed by atoms with Crippen molar-refractivity contribution in [1.29, 1.82) is 0 Å². The predicted octanol–water partition coefficient (Wildman–Crippen LogP) is 0.786. The lowest BCUT2D eigenvalue weighted by molar-refractivity contribution is -0.161. The molecule has 1 heterocycles. The largest absolute Gasteiger partial charge is 0.316 e. The lowest BCUT2D eigenvalue weighted by Crippen LogP contribution is -2.28. The molecular weight excluding hydrogens is 180 g/mol. The highest BCUT2D eigenvalue weighted by atomic mass is 16.7. The summed E-state index contributed by atoms with van der Waals surface area (Å²) in [7, 11) is 0. The topological polar surface area (TPSA) is 41.6 Å². The number of hydrogen-bond acceptors (Lipinski definition) is 3. The van der Waals surface area contributed by atoms with E-state index < -0.39 is 0 Å². The molecule has 4 heteroatoms. The summed E-state index contributed by atoms with van der Waals surface area (Å²) in [4.78, 5) is 16.3. The highest BCUT2D eigenvalue weighted by molar-refractivity contribution is 5.76. The zero-order valence-corrected chi connectivity index (χ0v) is 9.08. The standard InChI is InChI=1S/C10H20N2O2/c1-9(2)8-11-5-3-6-12-10(13)4-7-14-12/h9,11H,3-8H2,1-2H3. The van der Waals surface area contributed by atoms with Gasteiger partial charge in [0.2, 0.25) is 5.91 Å². The van der Waals surface area contributed by atoms with Gasteiger partial charge in [-0.15, -0.1) is 0 Å². The first-order valence-electron chi connectivity index (χ1n) is 5.34. The molecule has 0 unspecified atom stereocenters. The van der Waals surface area contributed by atoms with Crippen molar-refractivity contribution >= 4 is 5.91 Å². The van der Waals surface area contributed by atoms with Gasteiger partial charge in [-0.2, -0.15) is 0 Å². The SMILES string of the molecule is CC(C)CNCCCN1OCCC1=O. The normalized spacial score (nSPS) is 17.1. The summed E-state index contributed by atoms with van der Waals surface area (Å²) in [5.74, 6) is 0.800. The van der Waals surface area contributed by atoms with E-state index in [-0.39, 0.29) is 5.91 Å². The van der Waals surface area contributed by atoms with Gasteiger partial charge in [0, 0.05) is 6.54 Å². The molecule has 0 aliphatic carbocycles. The molecule has 0 bridgehead atoms. The zero-order valence-electron chi connectivity index (χ0n) is 9.08. The van der Waals surface area contributed by atoms with Crippen LogP contribution in [-0.2, 0) is 9.63 Å². The molecule has 14 heavy (non-hydrogen) atoms. The van der Waals surface area contributed by atoms with Crippen molar-refractivity contribution in [1.82, 2.24) is 10.4 Å². The summed E-state index contributed by atoms with van der Waals surface area (Å²) in [6.07, 6.45) is 1.50. The van der Waals surface area contributed by atoms with E-state index in [0.717, 1.165) is 19.5 Å². The Morgan fingerprint density at radius 3 is 2.93 bits per heavy atom. The van der Waals surface area contributed by atoms with Gasteiger partial charge < -0.3 is 5.32 Å². The molecule has 0 spiro atoms. The molecule has 0 radical (unpaired) electrons. The summed E-state index contributed by atoms with van der Waals surface area (Å²) in [5.41, 5.74) is 0. The van der Waals surface area contributed by atoms with Crippen LogP contribution >= 0.6 is 0 Å². The molecule has 4 nitrogen and oxygen atoms in total. The Bertz CT molecular complexity index is 183. The molecule has 82 valence electrons. The Hall–Kier alpha value is -0.610. The molecule has 0 aromatic heterocycles. The van der Waals surface area contributed by atoms with E-state index in [9.17, 15) is 4.79 Å². The number of nitrogens with zero attached hydrogens (tertiary/aromatic N) is 1. The number of nitrogens with one attached hydrogen (secondary N) is 1. The van der Waals surface area contributed by atoms with Gasteiger partial charge in [-0.3, -0.25) is 9.63 Å². The molecule has 1 amide bonds. The van der Waals surface area contributed by atoms with Gasteiger partial charge in [-0.1, -0.05) is 13.8 Å². The van der Waals surface area contributed by atoms with Crippen LogP contribution in [0.4, 0.5) is 0 Å². The molecule has 0 aromatic carbocycles. The molecule has 0 atom stereocenters. The van der Waals surface area contributed by atoms with Crippen LogP contribution in [0.15, 0.2) is 0 Å². The molecule has 1 N–H and O–H groups in total. The third-order valence-electron chi connectivity index (χ3n) is 2.11. The molecule has 1 fully saturated rings. The van der Waals surface area contributed by atoms with Crippen LogP contribution in [0.5, 0.6) is 0 Å². The van der Waals surface area contributed by atoms with Gasteiger partial charge in [0.15, 0.2) is 0 Å². The molecule has 1 rings (SSSR count). The van der Waals surface area contributed by atoms with Gasteiger partial charge in [-0.05, 0) is 25.4 Å². The highest BCUT2D eigenvalue weighted by Gasteiger charge is 2.20. The number of hydroxylamine groups is 2. The maximum atomic E-state index is 11.1. The van der Waals surface area contributed by atoms with Crippen molar-refractivity contribution in [3.05, 3.63) is 0 Å². The molecule has 1 saturated heterocycles. The summed E-state index contributed by atoms with van der Waals surface area (Å²) in [6.45, 7) is 7.61. The Labute approximate surface area is 85.6 Å². The maximum absolute atomic E-state index is 11.1. The second-order valence-electron chi connectivity index (χ2n) is 4.03. The van der Waals surface area contributed by atoms with Crippen LogP contribution in [0.25, 0.3) is 0 Å². The van der Waals surface area contributed by atoms with Crippen LogP contribution < -0.4 is 5.32 Å². The number of carbonyl (C=O) groups excluding carboxylic acids is 1. The predicted molar refractivity (Wildman–Crippen MR) is 54.6 cm³/mol. The van der Waals surface area contributed by atoms with E-state index in [1.54, 1.807) is 0 Å². The monoisotopic (exact) mass is 200 g/mol. The number of amides is 1. The van der Waals surface area contributed by atoms with Gasteiger partial charge in [0.1, 0.15) is 0 Å². The minimum Gasteiger partial charge on any atom is -0.316 e. The fraction of sp³-hybridized carbons (Fsp3) is 0.900. The van der Waals surface area contributed by atoms with Crippen molar-refractivity contribution in [3.8, 4) is 0 Å². The average molecular weight is 200 g/mol. The van der Waals surface area contributed by atoms with Gasteiger partial charge in [0.05, 0.1) is 13.0 Å². The second kappa shape index (κ2) is 5.98. The first-order chi connectivity index (χ1) is 6.70. The Kier molecular flexibility index (Phi) is 4.90. The van der Waals surface area contributed by atoms with Crippen LogP contribution in [-0.4, -0.2) is 37.2 Å². The smallest absolute Gasteiger partial charge is 0.248 e. The molecule has 1 aliphatic heterocycles. The second-order valence-corrected chi connectivity index (χ2v) is 4.03. The third-order valence-corrected chi connectivity index (χ3v) is 2.11. The fourth-order valence-corrected chi connectivity index (χ4v) is 1.37. The molecular formula is C10H20N2O2. The quantitative estimate of drug-likeness (QED) is 0.644. The van der Waals surface area contributed by atoms with E-state index in [1.165, 1.54) is 5.06 Å².